The highest BCUT2D eigenvalue weighted by Gasteiger charge is 2.63. The van der Waals surface area contributed by atoms with Crippen LogP contribution in [0.15, 0.2) is 212 Å². The van der Waals surface area contributed by atoms with Crippen LogP contribution in [0, 0.1) is 5.41 Å². The number of ether oxygens (including phenoxy) is 24. The Morgan fingerprint density at radius 3 is 0.978 bits per heavy atom. The van der Waals surface area contributed by atoms with E-state index in [4.69, 9.17) is 114 Å². The molecule has 38 nitrogen and oxygen atoms in total. The van der Waals surface area contributed by atoms with Crippen LogP contribution in [0.4, 0.5) is 0 Å². The van der Waals surface area contributed by atoms with Gasteiger partial charge in [0.15, 0.2) is 92.5 Å². The molecule has 0 radical (unpaired) electrons. The van der Waals surface area contributed by atoms with Crippen molar-refractivity contribution < 1.29 is 181 Å². The third kappa shape index (κ3) is 27.7. The van der Waals surface area contributed by atoms with Crippen molar-refractivity contribution in [3.8, 4) is 0 Å². The Hall–Kier alpha value is -12.8. The second-order valence-electron chi connectivity index (χ2n) is 33.1. The van der Waals surface area contributed by atoms with Gasteiger partial charge in [-0.15, -0.1) is 0 Å². The van der Waals surface area contributed by atoms with Crippen LogP contribution >= 0.6 is 0 Å². The van der Waals surface area contributed by atoms with E-state index in [0.717, 1.165) is 48.5 Å². The SMILES string of the molecule is CC(=O)OC[C@H]1O[C@@H](OC[C@H]2O[C@@H](O)[C@H](OCc3ccccc3)[C@@H](O[C@@H]3O[C@H](COC(=O)C(C)(C)C)[C@@H](O[C@@H]4O[C@H](COC(=O)c5ccccc5)[C@H](OC(=O)c5ccccc5)[C@H](OC(=O)c5ccccc5)[C@H]4OC(=O)c4ccccc4)[C@H](O[C@@H]4O[C@@H](C)[C@@H](OC(C)=O)[C@@H](OC(C)=O)[C@@H]4OC(C)=O)[C@H]3OC(=O)c3ccccc3)[C@H]2OCc2ccccc2)[C@H](OC(C)=O)[C@@H](OC(C)=O)[C@H]1OC(C)=O. The molecule has 0 unspecified atom stereocenters. The molecule has 726 valence electrons. The van der Waals surface area contributed by atoms with E-state index in [9.17, 15) is 53.1 Å². The Kier molecular flexibility index (Phi) is 36.1. The monoisotopic (exact) mass is 1890 g/mol. The lowest BCUT2D eigenvalue weighted by molar-refractivity contribution is -0.400. The lowest BCUT2D eigenvalue weighted by Gasteiger charge is -2.52. The number of rotatable bonds is 36. The molecule has 5 heterocycles. The quantitative estimate of drug-likeness (QED) is 0.0284. The van der Waals surface area contributed by atoms with Gasteiger partial charge in [-0.1, -0.05) is 152 Å². The molecule has 25 atom stereocenters. The van der Waals surface area contributed by atoms with Crippen molar-refractivity contribution in [1.82, 2.24) is 0 Å². The number of esters is 13. The van der Waals surface area contributed by atoms with Crippen LogP contribution in [0.2, 0.25) is 0 Å². The fourth-order valence-electron chi connectivity index (χ4n) is 15.5. The summed E-state index contributed by atoms with van der Waals surface area (Å²) in [6, 6.07) is 53.8. The standard InChI is InChI=1S/C98H106O38/c1-53-72(120-55(3)100)77(122-57(5)102)84(125-60(8)105)94(119-53)136-81-76(134-95-85(132-90(109)66-43-29-17-30-44-66)80(131-89(108)65-41-27-16-28-42-65)75(130-88(107)64-39-25-15-26-40-64)70(128-95)50-116-87(106)63-37-23-14-24-38-63)71(52-118-97(112)98(9,10)11)129-96(86(81)133-91(110)67-45-31-18-32-46-67)135-78-73(114-47-61-33-19-12-20-34-61)68(126-92(111)82(78)115-48-62-35-21-13-22-36-62)51-117-93-83(124-59(7)104)79(123-58(6)103)74(121-56(4)101)69(127-93)49-113-54(2)99/h12-46,53,68-86,92-96,111H,47-52H2,1-11H3/t53-,68+,69+,70+,71+,72+,73-,74-,75-,76+,77+,78-,79-,80-,81-,82+,83+,84-,85+,86+,92+,93+,94-,95-,96-/m0/s1. The lowest BCUT2D eigenvalue weighted by Crippen LogP contribution is -2.70. The van der Waals surface area contributed by atoms with Crippen LogP contribution in [-0.4, -0.2) is 263 Å². The van der Waals surface area contributed by atoms with Crippen LogP contribution in [0.5, 0.6) is 0 Å². The summed E-state index contributed by atoms with van der Waals surface area (Å²) in [6.45, 7) is 8.62. The molecule has 0 bridgehead atoms. The molecule has 5 fully saturated rings. The Morgan fingerprint density at radius 1 is 0.265 bits per heavy atom. The first kappa shape index (κ1) is 102. The molecule has 5 saturated heterocycles. The molecule has 5 aliphatic heterocycles. The average Bonchev–Trinajstić information content (AvgIpc) is 0.751. The van der Waals surface area contributed by atoms with E-state index in [1.54, 1.807) is 103 Å². The fraction of sp³-hybridized carbons (Fsp3) is 0.439. The molecule has 0 spiro atoms. The van der Waals surface area contributed by atoms with E-state index in [0.29, 0.717) is 11.1 Å². The summed E-state index contributed by atoms with van der Waals surface area (Å²) < 4.78 is 156. The minimum Gasteiger partial charge on any atom is -0.463 e. The first-order valence-corrected chi connectivity index (χ1v) is 43.6. The number of aliphatic hydroxyl groups is 1. The molecule has 0 saturated carbocycles. The molecular formula is C98H106O38. The summed E-state index contributed by atoms with van der Waals surface area (Å²) in [6.07, 6.45) is -50.3. The van der Waals surface area contributed by atoms with Crippen molar-refractivity contribution in [2.24, 2.45) is 5.41 Å². The van der Waals surface area contributed by atoms with Crippen molar-refractivity contribution >= 4 is 77.6 Å². The highest BCUT2D eigenvalue weighted by atomic mass is 16.8. The van der Waals surface area contributed by atoms with Gasteiger partial charge in [0.1, 0.15) is 74.8 Å². The van der Waals surface area contributed by atoms with E-state index >= 15 is 14.4 Å². The highest BCUT2D eigenvalue weighted by molar-refractivity contribution is 5.92. The van der Waals surface area contributed by atoms with E-state index in [1.165, 1.54) is 137 Å². The van der Waals surface area contributed by atoms with Crippen LogP contribution in [0.1, 0.15) is 139 Å². The Morgan fingerprint density at radius 2 is 0.551 bits per heavy atom. The minimum atomic E-state index is -2.42. The molecule has 1 N–H and O–H groups in total. The molecule has 0 aromatic heterocycles. The van der Waals surface area contributed by atoms with E-state index in [-0.39, 0.29) is 41.0 Å². The third-order valence-electron chi connectivity index (χ3n) is 21.6. The number of hydrogen-bond acceptors (Lipinski definition) is 38. The Balaban J connectivity index is 1.10. The van der Waals surface area contributed by atoms with E-state index in [2.05, 4.69) is 0 Å². The molecule has 136 heavy (non-hydrogen) atoms. The van der Waals surface area contributed by atoms with Gasteiger partial charge in [0.05, 0.1) is 59.2 Å². The highest BCUT2D eigenvalue weighted by Crippen LogP contribution is 2.43. The van der Waals surface area contributed by atoms with Crippen molar-refractivity contribution in [2.75, 3.05) is 26.4 Å². The molecule has 0 amide bonds. The zero-order valence-corrected chi connectivity index (χ0v) is 75.9. The summed E-state index contributed by atoms with van der Waals surface area (Å²) in [5, 5.41) is 13.1. The van der Waals surface area contributed by atoms with Crippen molar-refractivity contribution in [3.05, 3.63) is 251 Å². The maximum Gasteiger partial charge on any atom is 0.338 e. The number of benzene rings is 7. The first-order valence-electron chi connectivity index (χ1n) is 43.6. The topological polar surface area (TPSA) is 464 Å². The zero-order valence-electron chi connectivity index (χ0n) is 75.9. The smallest absolute Gasteiger partial charge is 0.338 e. The largest absolute Gasteiger partial charge is 0.463 e. The zero-order chi connectivity index (χ0) is 97.4. The summed E-state index contributed by atoms with van der Waals surface area (Å²) in [4.78, 5) is 184. The van der Waals surface area contributed by atoms with Crippen LogP contribution in [0.25, 0.3) is 0 Å². The molecule has 0 aliphatic carbocycles. The van der Waals surface area contributed by atoms with Crippen molar-refractivity contribution in [2.45, 2.75) is 243 Å². The van der Waals surface area contributed by atoms with Gasteiger partial charge in [0, 0.05) is 48.5 Å². The molecule has 7 aromatic rings. The summed E-state index contributed by atoms with van der Waals surface area (Å²) in [5.41, 5.74) is -1.02. The van der Waals surface area contributed by atoms with Crippen LogP contribution in [-0.2, 0) is 165 Å². The predicted octanol–water partition coefficient (Wildman–Crippen LogP) is 8.47. The maximum atomic E-state index is 15.9. The predicted molar refractivity (Wildman–Crippen MR) is 461 cm³/mol. The van der Waals surface area contributed by atoms with E-state index in [1.807, 2.05) is 0 Å². The lowest BCUT2D eigenvalue weighted by atomic mass is 9.94. The van der Waals surface area contributed by atoms with Gasteiger partial charge in [-0.25, -0.2) is 24.0 Å². The number of carbonyl (C=O) groups excluding carboxylic acids is 13. The number of carbonyl (C=O) groups is 13. The van der Waals surface area contributed by atoms with Gasteiger partial charge in [0.2, 0.25) is 0 Å². The summed E-state index contributed by atoms with van der Waals surface area (Å²) in [5.74, 6) is -13.5. The van der Waals surface area contributed by atoms with Crippen LogP contribution < -0.4 is 0 Å². The second-order valence-corrected chi connectivity index (χ2v) is 33.1. The normalized spacial score (nSPS) is 28.1. The average molecular weight is 1890 g/mol. The maximum absolute atomic E-state index is 15.9. The Bertz CT molecular complexity index is 5190. The van der Waals surface area contributed by atoms with Gasteiger partial charge < -0.3 is 119 Å². The molecule has 5 aliphatic rings. The summed E-state index contributed by atoms with van der Waals surface area (Å²) >= 11 is 0. The summed E-state index contributed by atoms with van der Waals surface area (Å²) in [7, 11) is 0. The molecule has 12 rings (SSSR count). The van der Waals surface area contributed by atoms with E-state index < -0.39 is 263 Å². The minimum absolute atomic E-state index is 0.00238. The number of aliphatic hydroxyl groups excluding tert-OH is 1. The van der Waals surface area contributed by atoms with Gasteiger partial charge in [0.25, 0.3) is 0 Å². The van der Waals surface area contributed by atoms with Gasteiger partial charge >= 0.3 is 77.6 Å². The Labute approximate surface area is 781 Å². The molecular weight excluding hydrogens is 1790 g/mol. The fourth-order valence-corrected chi connectivity index (χ4v) is 15.5. The van der Waals surface area contributed by atoms with Gasteiger partial charge in [-0.05, 0) is 99.5 Å². The van der Waals surface area contributed by atoms with Crippen molar-refractivity contribution in [1.29, 1.82) is 0 Å². The first-order chi connectivity index (χ1) is 65.1. The third-order valence-corrected chi connectivity index (χ3v) is 21.6. The number of hydrogen-bond donors (Lipinski definition) is 1. The molecule has 7 aromatic carbocycles. The van der Waals surface area contributed by atoms with Gasteiger partial charge in [-0.2, -0.15) is 0 Å². The second kappa shape index (κ2) is 48.1. The van der Waals surface area contributed by atoms with Crippen LogP contribution in [0.3, 0.4) is 0 Å². The van der Waals surface area contributed by atoms with Gasteiger partial charge in [-0.3, -0.25) is 38.4 Å². The molecule has 38 heteroatoms. The van der Waals surface area contributed by atoms with Crippen molar-refractivity contribution in [3.63, 3.8) is 0 Å².